The Bertz CT molecular complexity index is 478. The van der Waals surface area contributed by atoms with Crippen LogP contribution in [0.25, 0.3) is 0 Å². The highest BCUT2D eigenvalue weighted by molar-refractivity contribution is 14.0. The number of rotatable bonds is 6. The molecule has 0 saturated carbocycles. The Kier molecular flexibility index (Phi) is 10.2. The first-order valence-corrected chi connectivity index (χ1v) is 8.85. The van der Waals surface area contributed by atoms with Crippen molar-refractivity contribution in [1.29, 1.82) is 0 Å². The topological polar surface area (TPSA) is 52.6 Å². The minimum Gasteiger partial charge on any atom is -0.357 e. The molecule has 0 spiro atoms. The van der Waals surface area contributed by atoms with E-state index < -0.39 is 0 Å². The van der Waals surface area contributed by atoms with Crippen molar-refractivity contribution in [3.8, 4) is 0 Å². The molecule has 2 N–H and O–H groups in total. The molecule has 1 aromatic heterocycles. The van der Waals surface area contributed by atoms with Crippen LogP contribution in [-0.4, -0.2) is 48.1 Å². The lowest BCUT2D eigenvalue weighted by Crippen LogP contribution is -2.46. The molecule has 1 saturated heterocycles. The Morgan fingerprint density at radius 1 is 1.38 bits per heavy atom. The van der Waals surface area contributed by atoms with Crippen molar-refractivity contribution in [1.82, 2.24) is 20.5 Å². The summed E-state index contributed by atoms with van der Waals surface area (Å²) in [7, 11) is 0. The van der Waals surface area contributed by atoms with Crippen molar-refractivity contribution in [3.63, 3.8) is 0 Å². The van der Waals surface area contributed by atoms with Gasteiger partial charge < -0.3 is 15.5 Å². The first-order chi connectivity index (χ1) is 11.2. The SMILES string of the molecule is CCNC(=NCc1ccccn1)NCC1CCCN(C(C)C)C1.I. The molecule has 2 rings (SSSR count). The Morgan fingerprint density at radius 3 is 2.88 bits per heavy atom. The summed E-state index contributed by atoms with van der Waals surface area (Å²) < 4.78 is 0. The number of aliphatic imine (C=N–C) groups is 1. The first kappa shape index (κ1) is 21.2. The quantitative estimate of drug-likeness (QED) is 0.402. The van der Waals surface area contributed by atoms with Crippen molar-refractivity contribution in [2.24, 2.45) is 10.9 Å². The number of guanidine groups is 1. The molecule has 1 atom stereocenters. The molecule has 136 valence electrons. The van der Waals surface area contributed by atoms with Crippen LogP contribution in [0.4, 0.5) is 0 Å². The predicted molar refractivity (Wildman–Crippen MR) is 112 cm³/mol. The zero-order chi connectivity index (χ0) is 16.5. The second-order valence-corrected chi connectivity index (χ2v) is 6.49. The third-order valence-corrected chi connectivity index (χ3v) is 4.31. The largest absolute Gasteiger partial charge is 0.357 e. The monoisotopic (exact) mass is 445 g/mol. The van der Waals surface area contributed by atoms with Gasteiger partial charge in [0.1, 0.15) is 0 Å². The second kappa shape index (κ2) is 11.6. The lowest BCUT2D eigenvalue weighted by atomic mass is 9.97. The number of hydrogen-bond donors (Lipinski definition) is 2. The molecule has 5 nitrogen and oxygen atoms in total. The van der Waals surface area contributed by atoms with Crippen LogP contribution in [0.3, 0.4) is 0 Å². The van der Waals surface area contributed by atoms with Crippen LogP contribution < -0.4 is 10.6 Å². The predicted octanol–water partition coefficient (Wildman–Crippen LogP) is 2.88. The lowest BCUT2D eigenvalue weighted by molar-refractivity contribution is 0.141. The number of likely N-dealkylation sites (tertiary alicyclic amines) is 1. The Hall–Kier alpha value is -0.890. The van der Waals surface area contributed by atoms with Crippen LogP contribution in [0.2, 0.25) is 0 Å². The number of piperidine rings is 1. The van der Waals surface area contributed by atoms with Gasteiger partial charge in [-0.15, -0.1) is 24.0 Å². The number of pyridine rings is 1. The molecular weight excluding hydrogens is 413 g/mol. The van der Waals surface area contributed by atoms with Crippen LogP contribution in [0.15, 0.2) is 29.4 Å². The van der Waals surface area contributed by atoms with Gasteiger partial charge in [-0.05, 0) is 58.2 Å². The van der Waals surface area contributed by atoms with Gasteiger partial charge in [-0.3, -0.25) is 4.98 Å². The van der Waals surface area contributed by atoms with E-state index in [0.29, 0.717) is 18.5 Å². The molecule has 1 aliphatic heterocycles. The average molecular weight is 445 g/mol. The number of hydrogen-bond acceptors (Lipinski definition) is 3. The molecule has 0 radical (unpaired) electrons. The van der Waals surface area contributed by atoms with Gasteiger partial charge in [0.2, 0.25) is 0 Å². The van der Waals surface area contributed by atoms with Gasteiger partial charge in [-0.1, -0.05) is 6.07 Å². The molecule has 6 heteroatoms. The number of nitrogens with one attached hydrogen (secondary N) is 2. The van der Waals surface area contributed by atoms with Crippen LogP contribution in [0.5, 0.6) is 0 Å². The summed E-state index contributed by atoms with van der Waals surface area (Å²) in [6, 6.07) is 6.58. The molecule has 0 bridgehead atoms. The zero-order valence-corrected chi connectivity index (χ0v) is 17.5. The fourth-order valence-corrected chi connectivity index (χ4v) is 2.97. The van der Waals surface area contributed by atoms with E-state index in [1.165, 1.54) is 25.9 Å². The van der Waals surface area contributed by atoms with Gasteiger partial charge in [0.25, 0.3) is 0 Å². The standard InChI is InChI=1S/C18H31N5.HI/c1-4-19-18(22-13-17-9-5-6-10-20-17)21-12-16-8-7-11-23(14-16)15(2)3;/h5-6,9-10,15-16H,4,7-8,11-14H2,1-3H3,(H2,19,21,22);1H. The highest BCUT2D eigenvalue weighted by atomic mass is 127. The molecule has 24 heavy (non-hydrogen) atoms. The smallest absolute Gasteiger partial charge is 0.191 e. The molecular formula is C18H32IN5. The van der Waals surface area contributed by atoms with Crippen molar-refractivity contribution in [2.45, 2.75) is 46.2 Å². The molecule has 1 fully saturated rings. The third-order valence-electron chi connectivity index (χ3n) is 4.31. The summed E-state index contributed by atoms with van der Waals surface area (Å²) in [5, 5.41) is 6.83. The minimum atomic E-state index is 0. The molecule has 1 aromatic rings. The normalized spacial score (nSPS) is 19.0. The van der Waals surface area contributed by atoms with Gasteiger partial charge in [0.05, 0.1) is 12.2 Å². The van der Waals surface area contributed by atoms with E-state index in [2.05, 4.69) is 46.3 Å². The van der Waals surface area contributed by atoms with Crippen LogP contribution in [-0.2, 0) is 6.54 Å². The summed E-state index contributed by atoms with van der Waals surface area (Å²) in [4.78, 5) is 11.5. The highest BCUT2D eigenvalue weighted by Crippen LogP contribution is 2.17. The van der Waals surface area contributed by atoms with Crippen molar-refractivity contribution in [2.75, 3.05) is 26.2 Å². The number of halogens is 1. The molecule has 0 amide bonds. The van der Waals surface area contributed by atoms with E-state index in [0.717, 1.165) is 24.7 Å². The highest BCUT2D eigenvalue weighted by Gasteiger charge is 2.21. The number of nitrogens with zero attached hydrogens (tertiary/aromatic N) is 3. The fourth-order valence-electron chi connectivity index (χ4n) is 2.97. The second-order valence-electron chi connectivity index (χ2n) is 6.49. The van der Waals surface area contributed by atoms with Gasteiger partial charge >= 0.3 is 0 Å². The van der Waals surface area contributed by atoms with Gasteiger partial charge in [-0.25, -0.2) is 4.99 Å². The van der Waals surface area contributed by atoms with E-state index in [1.54, 1.807) is 0 Å². The van der Waals surface area contributed by atoms with Crippen molar-refractivity contribution < 1.29 is 0 Å². The maximum atomic E-state index is 4.64. The summed E-state index contributed by atoms with van der Waals surface area (Å²) in [6.07, 6.45) is 4.41. The number of aromatic nitrogens is 1. The maximum absolute atomic E-state index is 4.64. The van der Waals surface area contributed by atoms with Crippen LogP contribution in [0.1, 0.15) is 39.3 Å². The molecule has 0 aliphatic carbocycles. The molecule has 1 aliphatic rings. The third kappa shape index (κ3) is 7.34. The molecule has 1 unspecified atom stereocenters. The average Bonchev–Trinajstić information content (AvgIpc) is 2.58. The van der Waals surface area contributed by atoms with Gasteiger partial charge in [-0.2, -0.15) is 0 Å². The van der Waals surface area contributed by atoms with E-state index in [4.69, 9.17) is 0 Å². The summed E-state index contributed by atoms with van der Waals surface area (Å²) in [6.45, 7) is 11.6. The van der Waals surface area contributed by atoms with E-state index in [-0.39, 0.29) is 24.0 Å². The summed E-state index contributed by atoms with van der Waals surface area (Å²) >= 11 is 0. The van der Waals surface area contributed by atoms with Crippen LogP contribution in [0, 0.1) is 5.92 Å². The van der Waals surface area contributed by atoms with E-state index in [1.807, 2.05) is 24.4 Å². The molecule has 0 aromatic carbocycles. The van der Waals surface area contributed by atoms with Gasteiger partial charge in [0, 0.05) is 31.9 Å². The Balaban J connectivity index is 0.00000288. The molecule has 2 heterocycles. The fraction of sp³-hybridized carbons (Fsp3) is 0.667. The lowest BCUT2D eigenvalue weighted by Gasteiger charge is -2.35. The summed E-state index contributed by atoms with van der Waals surface area (Å²) in [5.41, 5.74) is 0.994. The Morgan fingerprint density at radius 2 is 2.21 bits per heavy atom. The Labute approximate surface area is 163 Å². The van der Waals surface area contributed by atoms with Gasteiger partial charge in [0.15, 0.2) is 5.96 Å². The van der Waals surface area contributed by atoms with E-state index in [9.17, 15) is 0 Å². The van der Waals surface area contributed by atoms with E-state index >= 15 is 0 Å². The zero-order valence-electron chi connectivity index (χ0n) is 15.2. The van der Waals surface area contributed by atoms with Crippen molar-refractivity contribution in [3.05, 3.63) is 30.1 Å². The van der Waals surface area contributed by atoms with Crippen molar-refractivity contribution >= 4 is 29.9 Å². The summed E-state index contributed by atoms with van der Waals surface area (Å²) in [5.74, 6) is 1.59. The first-order valence-electron chi connectivity index (χ1n) is 8.85. The van der Waals surface area contributed by atoms with Crippen LogP contribution >= 0.6 is 24.0 Å². The minimum absolute atomic E-state index is 0. The maximum Gasteiger partial charge on any atom is 0.191 e.